The molecular formula is C19H15F2N3O2. The Hall–Kier alpha value is -3.48. The number of pyridine rings is 1. The van der Waals surface area contributed by atoms with Crippen LogP contribution in [-0.4, -0.2) is 10.9 Å². The van der Waals surface area contributed by atoms with E-state index in [-0.39, 0.29) is 22.7 Å². The lowest BCUT2D eigenvalue weighted by Gasteiger charge is -2.11. The largest absolute Gasteiger partial charge is 0.454 e. The predicted octanol–water partition coefficient (Wildman–Crippen LogP) is 4.30. The minimum Gasteiger partial charge on any atom is -0.454 e. The number of nitrogens with one attached hydrogen (secondary N) is 1. The number of hydrogen-bond acceptors (Lipinski definition) is 4. The summed E-state index contributed by atoms with van der Waals surface area (Å²) in [6, 6.07) is 13.7. The molecule has 2 aromatic carbocycles. The highest BCUT2D eigenvalue weighted by Crippen LogP contribution is 2.26. The number of carbonyl (C=O) groups excluding carboxylic acids is 1. The lowest BCUT2D eigenvalue weighted by atomic mass is 10.1. The van der Waals surface area contributed by atoms with Crippen LogP contribution in [0.3, 0.4) is 0 Å². The summed E-state index contributed by atoms with van der Waals surface area (Å²) < 4.78 is 32.5. The molecule has 0 aliphatic carbocycles. The van der Waals surface area contributed by atoms with Crippen molar-refractivity contribution in [1.82, 2.24) is 4.98 Å². The van der Waals surface area contributed by atoms with Crippen molar-refractivity contribution in [3.8, 4) is 11.5 Å². The molecular weight excluding hydrogens is 340 g/mol. The average Bonchev–Trinajstić information content (AvgIpc) is 2.60. The molecule has 0 atom stereocenters. The molecule has 0 aliphatic heterocycles. The van der Waals surface area contributed by atoms with Crippen molar-refractivity contribution in [1.29, 1.82) is 0 Å². The van der Waals surface area contributed by atoms with E-state index in [2.05, 4.69) is 10.3 Å². The zero-order chi connectivity index (χ0) is 18.7. The van der Waals surface area contributed by atoms with E-state index in [0.717, 1.165) is 0 Å². The summed E-state index contributed by atoms with van der Waals surface area (Å²) in [5.74, 6) is -1.56. The molecule has 3 aromatic rings. The number of para-hydroxylation sites is 1. The maximum absolute atomic E-state index is 13.7. The van der Waals surface area contributed by atoms with E-state index in [1.165, 1.54) is 31.2 Å². The van der Waals surface area contributed by atoms with Gasteiger partial charge < -0.3 is 15.8 Å². The van der Waals surface area contributed by atoms with E-state index >= 15 is 0 Å². The molecule has 1 heterocycles. The fourth-order valence-electron chi connectivity index (χ4n) is 2.28. The third-order valence-electron chi connectivity index (χ3n) is 3.58. The van der Waals surface area contributed by atoms with Gasteiger partial charge in [-0.25, -0.2) is 9.37 Å². The first-order valence-electron chi connectivity index (χ1n) is 7.70. The summed E-state index contributed by atoms with van der Waals surface area (Å²) in [6.07, 6.45) is 0. The quantitative estimate of drug-likeness (QED) is 0.684. The van der Waals surface area contributed by atoms with Crippen LogP contribution in [0.15, 0.2) is 54.6 Å². The molecule has 26 heavy (non-hydrogen) atoms. The molecule has 1 amide bonds. The van der Waals surface area contributed by atoms with Crippen LogP contribution in [0.1, 0.15) is 15.9 Å². The molecule has 3 rings (SSSR count). The minimum atomic E-state index is -0.723. The van der Waals surface area contributed by atoms with Crippen molar-refractivity contribution >= 4 is 17.4 Å². The standard InChI is InChI=1S/C19H15F2N3O2/c1-11-9-14(18(22)24-17(11)21)19(25)23-12-5-4-6-13(10-12)26-16-8-3-2-7-15(16)20/h2-10H,1H3,(H2,22,24)(H,23,25). The number of carbonyl (C=O) groups is 1. The van der Waals surface area contributed by atoms with Gasteiger partial charge in [0.2, 0.25) is 5.95 Å². The summed E-state index contributed by atoms with van der Waals surface area (Å²) in [4.78, 5) is 15.9. The number of ether oxygens (including phenoxy) is 1. The molecule has 0 spiro atoms. The number of aryl methyl sites for hydroxylation is 1. The Bertz CT molecular complexity index is 977. The number of rotatable bonds is 4. The van der Waals surface area contributed by atoms with Gasteiger partial charge in [-0.3, -0.25) is 4.79 Å². The van der Waals surface area contributed by atoms with Crippen LogP contribution in [0.4, 0.5) is 20.3 Å². The second-order valence-electron chi connectivity index (χ2n) is 5.54. The fourth-order valence-corrected chi connectivity index (χ4v) is 2.28. The number of nitrogen functional groups attached to an aromatic ring is 1. The van der Waals surface area contributed by atoms with E-state index in [1.54, 1.807) is 30.3 Å². The van der Waals surface area contributed by atoms with Crippen molar-refractivity contribution < 1.29 is 18.3 Å². The Labute approximate surface area is 148 Å². The van der Waals surface area contributed by atoms with Gasteiger partial charge in [-0.2, -0.15) is 4.39 Å². The number of amides is 1. The van der Waals surface area contributed by atoms with Crippen molar-refractivity contribution in [2.75, 3.05) is 11.1 Å². The smallest absolute Gasteiger partial charge is 0.259 e. The van der Waals surface area contributed by atoms with Crippen LogP contribution in [0.25, 0.3) is 0 Å². The molecule has 0 saturated heterocycles. The lowest BCUT2D eigenvalue weighted by molar-refractivity contribution is 0.102. The second kappa shape index (κ2) is 7.18. The Morgan fingerprint density at radius 1 is 1.12 bits per heavy atom. The monoisotopic (exact) mass is 355 g/mol. The minimum absolute atomic E-state index is 0.0596. The molecule has 0 bridgehead atoms. The predicted molar refractivity (Wildman–Crippen MR) is 94.2 cm³/mol. The average molecular weight is 355 g/mol. The number of hydrogen-bond donors (Lipinski definition) is 2. The van der Waals surface area contributed by atoms with Crippen LogP contribution in [0, 0.1) is 18.7 Å². The van der Waals surface area contributed by atoms with E-state index in [0.29, 0.717) is 11.4 Å². The van der Waals surface area contributed by atoms with Gasteiger partial charge in [-0.1, -0.05) is 18.2 Å². The van der Waals surface area contributed by atoms with Gasteiger partial charge in [0.25, 0.3) is 5.91 Å². The molecule has 7 heteroatoms. The van der Waals surface area contributed by atoms with E-state index < -0.39 is 17.7 Å². The molecule has 0 saturated carbocycles. The molecule has 0 fully saturated rings. The van der Waals surface area contributed by atoms with Gasteiger partial charge in [-0.05, 0) is 37.3 Å². The normalized spacial score (nSPS) is 10.4. The first-order valence-corrected chi connectivity index (χ1v) is 7.70. The van der Waals surface area contributed by atoms with Crippen LogP contribution in [0.2, 0.25) is 0 Å². The number of nitrogens with two attached hydrogens (primary N) is 1. The number of aromatic nitrogens is 1. The first-order chi connectivity index (χ1) is 12.4. The van der Waals surface area contributed by atoms with Crippen molar-refractivity contribution in [3.05, 3.63) is 77.5 Å². The Kier molecular flexibility index (Phi) is 4.79. The number of benzene rings is 2. The zero-order valence-electron chi connectivity index (χ0n) is 13.8. The topological polar surface area (TPSA) is 77.2 Å². The Morgan fingerprint density at radius 2 is 1.88 bits per heavy atom. The van der Waals surface area contributed by atoms with E-state index in [9.17, 15) is 13.6 Å². The lowest BCUT2D eigenvalue weighted by Crippen LogP contribution is -2.16. The van der Waals surface area contributed by atoms with Gasteiger partial charge >= 0.3 is 0 Å². The highest BCUT2D eigenvalue weighted by Gasteiger charge is 2.14. The van der Waals surface area contributed by atoms with Crippen LogP contribution >= 0.6 is 0 Å². The van der Waals surface area contributed by atoms with Gasteiger partial charge in [0, 0.05) is 17.3 Å². The number of halogens is 2. The molecule has 0 radical (unpaired) electrons. The summed E-state index contributed by atoms with van der Waals surface area (Å²) in [7, 11) is 0. The third kappa shape index (κ3) is 3.77. The van der Waals surface area contributed by atoms with E-state index in [4.69, 9.17) is 10.5 Å². The first kappa shape index (κ1) is 17.3. The van der Waals surface area contributed by atoms with E-state index in [1.807, 2.05) is 0 Å². The SMILES string of the molecule is Cc1cc(C(=O)Nc2cccc(Oc3ccccc3F)c2)c(N)nc1F. The summed E-state index contributed by atoms with van der Waals surface area (Å²) >= 11 is 0. The Balaban J connectivity index is 1.80. The molecule has 0 unspecified atom stereocenters. The maximum Gasteiger partial charge on any atom is 0.259 e. The molecule has 132 valence electrons. The summed E-state index contributed by atoms with van der Waals surface area (Å²) in [6.45, 7) is 1.49. The molecule has 3 N–H and O–H groups in total. The van der Waals surface area contributed by atoms with Crippen molar-refractivity contribution in [2.45, 2.75) is 6.92 Å². The van der Waals surface area contributed by atoms with Gasteiger partial charge in [0.05, 0.1) is 5.56 Å². The van der Waals surface area contributed by atoms with Gasteiger partial charge in [-0.15, -0.1) is 0 Å². The van der Waals surface area contributed by atoms with Crippen molar-refractivity contribution in [2.24, 2.45) is 0 Å². The van der Waals surface area contributed by atoms with Crippen molar-refractivity contribution in [3.63, 3.8) is 0 Å². The van der Waals surface area contributed by atoms with Gasteiger partial charge in [0.15, 0.2) is 11.6 Å². The number of anilines is 2. The maximum atomic E-state index is 13.7. The molecule has 5 nitrogen and oxygen atoms in total. The Morgan fingerprint density at radius 3 is 2.65 bits per heavy atom. The molecule has 1 aromatic heterocycles. The third-order valence-corrected chi connectivity index (χ3v) is 3.58. The van der Waals surface area contributed by atoms with Crippen LogP contribution < -0.4 is 15.8 Å². The molecule has 0 aliphatic rings. The zero-order valence-corrected chi connectivity index (χ0v) is 13.8. The summed E-state index contributed by atoms with van der Waals surface area (Å²) in [5, 5.41) is 2.63. The van der Waals surface area contributed by atoms with Gasteiger partial charge in [0.1, 0.15) is 11.6 Å². The highest BCUT2D eigenvalue weighted by atomic mass is 19.1. The fraction of sp³-hybridized carbons (Fsp3) is 0.0526. The van der Waals surface area contributed by atoms with Crippen LogP contribution in [0.5, 0.6) is 11.5 Å². The second-order valence-corrected chi connectivity index (χ2v) is 5.54. The highest BCUT2D eigenvalue weighted by molar-refractivity contribution is 6.07. The number of nitrogens with zero attached hydrogens (tertiary/aromatic N) is 1. The van der Waals surface area contributed by atoms with Crippen LogP contribution in [-0.2, 0) is 0 Å². The summed E-state index contributed by atoms with van der Waals surface area (Å²) in [5.41, 5.74) is 6.29.